The predicted molar refractivity (Wildman–Crippen MR) is 106 cm³/mol. The maximum Gasteiger partial charge on any atom is 0.291 e. The summed E-state index contributed by atoms with van der Waals surface area (Å²) in [4.78, 5) is 28.5. The topological polar surface area (TPSA) is 80.3 Å². The Bertz CT molecular complexity index is 1040. The number of carbonyl (C=O) groups excluding carboxylic acids is 2. The van der Waals surface area contributed by atoms with Crippen molar-refractivity contribution in [1.82, 2.24) is 10.3 Å². The Morgan fingerprint density at radius 3 is 2.68 bits per heavy atom. The molecule has 1 aliphatic heterocycles. The second-order valence-corrected chi connectivity index (χ2v) is 6.23. The van der Waals surface area contributed by atoms with Gasteiger partial charge in [-0.05, 0) is 47.5 Å². The lowest BCUT2D eigenvalue weighted by atomic mass is 10.1. The molecule has 0 unspecified atom stereocenters. The minimum Gasteiger partial charge on any atom is -0.449 e. The number of nitrogens with zero attached hydrogens (tertiary/aromatic N) is 1. The van der Waals surface area contributed by atoms with Crippen molar-refractivity contribution in [2.45, 2.75) is 6.54 Å². The molecule has 3 aromatic rings. The average Bonchev–Trinajstić information content (AvgIpc) is 2.74. The fraction of sp³-hybridized carbons (Fsp3) is 0.0455. The summed E-state index contributed by atoms with van der Waals surface area (Å²) in [5.74, 6) is 0.313. The van der Waals surface area contributed by atoms with E-state index in [1.54, 1.807) is 54.9 Å². The maximum atomic E-state index is 12.3. The van der Waals surface area contributed by atoms with Crippen molar-refractivity contribution in [1.29, 1.82) is 0 Å². The fourth-order valence-corrected chi connectivity index (χ4v) is 2.77. The van der Waals surface area contributed by atoms with Crippen LogP contribution < -0.4 is 15.4 Å². The molecule has 0 saturated carbocycles. The standard InChI is InChI=1S/C22H17N3O3/c26-21(24-14-16-4-3-11-23-13-16)17-9-7-15(8-10-17)12-20-22(27)25-18-5-1-2-6-19(18)28-20/h1-13H,14H2,(H,24,26)(H,25,27)/b20-12-. The van der Waals surface area contributed by atoms with Crippen LogP contribution in [0.1, 0.15) is 21.5 Å². The summed E-state index contributed by atoms with van der Waals surface area (Å²) in [5.41, 5.74) is 2.86. The lowest BCUT2D eigenvalue weighted by Crippen LogP contribution is -2.23. The molecular weight excluding hydrogens is 354 g/mol. The summed E-state index contributed by atoms with van der Waals surface area (Å²) in [6.07, 6.45) is 5.04. The first-order valence-corrected chi connectivity index (χ1v) is 8.76. The largest absolute Gasteiger partial charge is 0.449 e. The minimum atomic E-state index is -0.308. The zero-order valence-electron chi connectivity index (χ0n) is 14.9. The zero-order valence-corrected chi connectivity index (χ0v) is 14.9. The van der Waals surface area contributed by atoms with Crippen LogP contribution in [-0.4, -0.2) is 16.8 Å². The number of carbonyl (C=O) groups is 2. The third-order valence-electron chi connectivity index (χ3n) is 4.23. The molecule has 138 valence electrons. The van der Waals surface area contributed by atoms with E-state index in [1.165, 1.54) is 0 Å². The monoisotopic (exact) mass is 371 g/mol. The number of nitrogens with one attached hydrogen (secondary N) is 2. The van der Waals surface area contributed by atoms with Crippen molar-refractivity contribution in [3.05, 3.63) is 95.5 Å². The minimum absolute atomic E-state index is 0.177. The molecule has 6 nitrogen and oxygen atoms in total. The van der Waals surface area contributed by atoms with Crippen LogP contribution in [0.2, 0.25) is 0 Å². The molecule has 28 heavy (non-hydrogen) atoms. The number of anilines is 1. The van der Waals surface area contributed by atoms with Crippen LogP contribution in [0.4, 0.5) is 5.69 Å². The highest BCUT2D eigenvalue weighted by Crippen LogP contribution is 2.30. The van der Waals surface area contributed by atoms with Gasteiger partial charge in [-0.15, -0.1) is 0 Å². The first-order chi connectivity index (χ1) is 13.7. The molecule has 0 fully saturated rings. The molecule has 0 spiro atoms. The van der Waals surface area contributed by atoms with Gasteiger partial charge in [-0.25, -0.2) is 0 Å². The van der Waals surface area contributed by atoms with E-state index >= 15 is 0 Å². The zero-order chi connectivity index (χ0) is 19.3. The number of ether oxygens (including phenoxy) is 1. The molecule has 2 heterocycles. The van der Waals surface area contributed by atoms with Crippen LogP contribution in [0.3, 0.4) is 0 Å². The number of benzene rings is 2. The van der Waals surface area contributed by atoms with Gasteiger partial charge in [-0.2, -0.15) is 0 Å². The number of fused-ring (bicyclic) bond motifs is 1. The number of para-hydroxylation sites is 2. The summed E-state index contributed by atoms with van der Waals surface area (Å²) < 4.78 is 5.68. The van der Waals surface area contributed by atoms with Crippen LogP contribution in [0.15, 0.2) is 78.8 Å². The molecule has 1 aliphatic rings. The molecule has 2 amide bonds. The molecule has 4 rings (SSSR count). The van der Waals surface area contributed by atoms with E-state index in [0.29, 0.717) is 23.5 Å². The summed E-state index contributed by atoms with van der Waals surface area (Å²) in [6, 6.07) is 17.9. The Morgan fingerprint density at radius 2 is 1.89 bits per heavy atom. The van der Waals surface area contributed by atoms with Gasteiger partial charge in [-0.3, -0.25) is 14.6 Å². The van der Waals surface area contributed by atoms with Crippen LogP contribution in [0.5, 0.6) is 5.75 Å². The molecule has 0 aliphatic carbocycles. The molecule has 0 radical (unpaired) electrons. The lowest BCUT2D eigenvalue weighted by Gasteiger charge is -2.19. The number of hydrogen-bond acceptors (Lipinski definition) is 4. The Labute approximate surface area is 161 Å². The normalized spacial score (nSPS) is 14.0. The highest BCUT2D eigenvalue weighted by Gasteiger charge is 2.21. The molecule has 1 aromatic heterocycles. The Kier molecular flexibility index (Phi) is 4.84. The fourth-order valence-electron chi connectivity index (χ4n) is 2.77. The lowest BCUT2D eigenvalue weighted by molar-refractivity contribution is -0.115. The molecule has 0 atom stereocenters. The van der Waals surface area contributed by atoms with Gasteiger partial charge in [0, 0.05) is 24.5 Å². The van der Waals surface area contributed by atoms with Crippen molar-refractivity contribution < 1.29 is 14.3 Å². The van der Waals surface area contributed by atoms with Gasteiger partial charge in [0.25, 0.3) is 11.8 Å². The molecule has 2 aromatic carbocycles. The Morgan fingerprint density at radius 1 is 1.07 bits per heavy atom. The van der Waals surface area contributed by atoms with Crippen LogP contribution in [-0.2, 0) is 11.3 Å². The van der Waals surface area contributed by atoms with E-state index in [9.17, 15) is 9.59 Å². The number of aromatic nitrogens is 1. The highest BCUT2D eigenvalue weighted by molar-refractivity contribution is 6.08. The number of pyridine rings is 1. The predicted octanol–water partition coefficient (Wildman–Crippen LogP) is 3.38. The van der Waals surface area contributed by atoms with E-state index in [1.807, 2.05) is 24.3 Å². The molecule has 0 saturated heterocycles. The number of amides is 2. The van der Waals surface area contributed by atoms with Gasteiger partial charge in [0.05, 0.1) is 5.69 Å². The first-order valence-electron chi connectivity index (χ1n) is 8.76. The Balaban J connectivity index is 1.44. The number of hydrogen-bond donors (Lipinski definition) is 2. The van der Waals surface area contributed by atoms with Gasteiger partial charge in [0.2, 0.25) is 0 Å². The van der Waals surface area contributed by atoms with E-state index < -0.39 is 0 Å². The van der Waals surface area contributed by atoms with Gasteiger partial charge in [-0.1, -0.05) is 30.3 Å². The Hall–Kier alpha value is -3.93. The van der Waals surface area contributed by atoms with Crippen LogP contribution >= 0.6 is 0 Å². The van der Waals surface area contributed by atoms with Crippen molar-refractivity contribution >= 4 is 23.6 Å². The summed E-state index contributed by atoms with van der Waals surface area (Å²) in [5, 5.41) is 5.64. The van der Waals surface area contributed by atoms with Crippen molar-refractivity contribution in [2.24, 2.45) is 0 Å². The smallest absolute Gasteiger partial charge is 0.291 e. The SMILES string of the molecule is O=C1Nc2ccccc2O/C1=C\c1ccc(C(=O)NCc2cccnc2)cc1. The van der Waals surface area contributed by atoms with E-state index in [-0.39, 0.29) is 17.6 Å². The number of rotatable bonds is 4. The second-order valence-electron chi connectivity index (χ2n) is 6.23. The van der Waals surface area contributed by atoms with Gasteiger partial charge < -0.3 is 15.4 Å². The highest BCUT2D eigenvalue weighted by atomic mass is 16.5. The molecule has 2 N–H and O–H groups in total. The third kappa shape index (κ3) is 3.91. The molecule has 0 bridgehead atoms. The third-order valence-corrected chi connectivity index (χ3v) is 4.23. The molecule has 6 heteroatoms. The summed E-state index contributed by atoms with van der Waals surface area (Å²) in [7, 11) is 0. The van der Waals surface area contributed by atoms with Gasteiger partial charge >= 0.3 is 0 Å². The average molecular weight is 371 g/mol. The summed E-state index contributed by atoms with van der Waals surface area (Å²) >= 11 is 0. The molecular formula is C22H17N3O3. The quantitative estimate of drug-likeness (QED) is 0.689. The van der Waals surface area contributed by atoms with Crippen molar-refractivity contribution in [3.63, 3.8) is 0 Å². The maximum absolute atomic E-state index is 12.3. The van der Waals surface area contributed by atoms with E-state index in [2.05, 4.69) is 15.6 Å². The van der Waals surface area contributed by atoms with Gasteiger partial charge in [0.15, 0.2) is 11.5 Å². The van der Waals surface area contributed by atoms with Crippen molar-refractivity contribution in [3.8, 4) is 5.75 Å². The van der Waals surface area contributed by atoms with E-state index in [0.717, 1.165) is 11.1 Å². The van der Waals surface area contributed by atoms with Crippen LogP contribution in [0, 0.1) is 0 Å². The van der Waals surface area contributed by atoms with Gasteiger partial charge in [0.1, 0.15) is 0 Å². The first kappa shape index (κ1) is 17.5. The van der Waals surface area contributed by atoms with Crippen molar-refractivity contribution in [2.75, 3.05) is 5.32 Å². The van der Waals surface area contributed by atoms with Crippen LogP contribution in [0.25, 0.3) is 6.08 Å². The summed E-state index contributed by atoms with van der Waals surface area (Å²) in [6.45, 7) is 0.409. The second kappa shape index (κ2) is 7.75. The van der Waals surface area contributed by atoms with E-state index in [4.69, 9.17) is 4.74 Å².